The SMILES string of the molecule is CC(F)(N=[N+]=[N-])OC1C[C@H](n2ccc(N)nc2=O)O[C@@H]1COP(=O)(O)OP(=O)(O)OP(=O)(O)O.CC(F)(N=[N+]=[N-])OC1C[C@H](n2ccc3c(=O)[nH]c(N)nc32)O[C@@H]1COP(=O)(O)OP(=O)(O)OP(=O)(O)O.CC(F)(N=[N+]=[N-])OC1C[C@H](n2ccc3c(N)ccnc32)O[C@@H]1COP(=O)(O)OP(=O)(O)OP(=O)(O)O.Cc1cn([C@H]2CC(OC(C)(F)N=[N+]=[N-])[C@@H](COP(=O)(O)OP(=O)(O)OP(=O)(O)O)O2)c(=O)[nH]c1=O. The minimum atomic E-state index is -5.80. The number of anilines is 3. The Morgan fingerprint density at radius 3 is 1.02 bits per heavy atom. The number of nitrogens with two attached hydrogens (primary N) is 3. The first-order chi connectivity index (χ1) is 64.7. The number of aromatic nitrogens is 9. The van der Waals surface area contributed by atoms with Gasteiger partial charge < -0.3 is 143 Å². The number of pyridine rings is 1. The Kier molecular flexibility index (Phi) is 40.4. The molecule has 92 heteroatoms. The number of nitrogens with zero attached hydrogens (tertiary/aromatic N) is 19. The Morgan fingerprint density at radius 2 is 0.711 bits per heavy atom. The molecule has 0 saturated carbocycles. The van der Waals surface area contributed by atoms with Crippen molar-refractivity contribution in [1.29, 1.82) is 0 Å². The summed E-state index contributed by atoms with van der Waals surface area (Å²) in [6, 6.07) is 5.81. The fourth-order valence-corrected chi connectivity index (χ4v) is 24.2. The lowest BCUT2D eigenvalue weighted by Crippen LogP contribution is -2.35. The zero-order valence-electron chi connectivity index (χ0n) is 70.7. The second kappa shape index (κ2) is 47.2. The van der Waals surface area contributed by atoms with Crippen molar-refractivity contribution in [3.8, 4) is 0 Å². The number of rotatable bonds is 44. The number of hydrogen-bond donors (Lipinski definition) is 21. The molecular formula is C50H76F4N24O52P12. The number of aromatic amines is 2. The quantitative estimate of drug-likeness (QED) is 0.00562. The summed E-state index contributed by atoms with van der Waals surface area (Å²) in [6.07, 6.45) is -10.1. The van der Waals surface area contributed by atoms with Crippen LogP contribution in [-0.4, -0.2) is 221 Å². The predicted molar refractivity (Wildman–Crippen MR) is 445 cm³/mol. The van der Waals surface area contributed by atoms with Crippen LogP contribution in [0.5, 0.6) is 0 Å². The number of nitrogen functional groups attached to an aromatic ring is 3. The molecule has 142 heavy (non-hydrogen) atoms. The lowest BCUT2D eigenvalue weighted by Gasteiger charge is -2.24. The number of alkyl halides is 4. The maximum Gasteiger partial charge on any atom is 0.490 e. The van der Waals surface area contributed by atoms with Crippen molar-refractivity contribution in [3.63, 3.8) is 0 Å². The van der Waals surface area contributed by atoms with E-state index < -0.39 is 240 Å². The average molecular weight is 2290 g/mol. The number of phosphoric acid groups is 12. The number of halogens is 4. The van der Waals surface area contributed by atoms with Crippen LogP contribution >= 0.6 is 93.9 Å². The van der Waals surface area contributed by atoms with Gasteiger partial charge in [0.2, 0.25) is 5.95 Å². The number of aryl methyl sites for hydroxylation is 1. The van der Waals surface area contributed by atoms with Crippen LogP contribution in [0.4, 0.5) is 35.0 Å². The molecule has 10 rings (SSSR count). The Bertz CT molecular complexity index is 6690. The molecule has 24 atom stereocenters. The smallest absolute Gasteiger partial charge is 0.398 e. The number of hydrogen-bond acceptors (Lipinski definition) is 46. The molecule has 0 radical (unpaired) electrons. The van der Waals surface area contributed by atoms with Gasteiger partial charge in [0.05, 0.1) is 56.2 Å². The van der Waals surface area contributed by atoms with Crippen LogP contribution in [-0.2, 0) is 145 Å². The standard InChI is InChI=1S/C14H20FN6O12P3.C13H19FN7O13P3.C12H19FN5O14P3.C11H18FN6O13P3/c1-14(15,19-20-17)31-10-6-12(21-5-3-8-9(16)2-4-18-13(8)21)30-11(10)7-29-35(25,26)33-36(27,28)32-34(22,23)24;1-13(14,19-20-16)32-7-4-9(21-3-2-6-10(21)17-12(15)18-11(6)22)31-8(7)5-30-36(26,27)34-37(28,29)33-35(23,24)25;1-6-4-18(11(20)15-10(6)19)9-3-7(30-12(2,13)16-17-14)8(29-9)5-28-34(24,25)32-35(26,27)31-33(21,22)23;1-11(12,16-17-14)29-6-4-9(18-3-2-8(13)15-10(18)19)28-7(6)5-27-33(23,24)31-34(25,26)30-32(20,21)22/h2-5,10-12H,6-7H2,1H3,(H2,16,18)(H,25,26)(H,27,28)(H2,22,23,24);2-3,7-9H,4-5H2,1H3,(H,26,27)(H,28,29)(H2,23,24,25)(H3,15,17,18,22);4,7-9H,3,5H2,1-2H3,(H,24,25)(H,26,27)(H,15,19,20)(H2,21,22,23);2-3,6-7,9H,4-5H2,1H3,(H,23,24)(H,25,26)(H2,13,15,19)(H2,20,21,22)/t10?,11-,12-,14?;7?,8-,9-,13?;7?,8-,9-,12?;6?,7-,9-,11?/m1111/s1. The highest BCUT2D eigenvalue weighted by molar-refractivity contribution is 7.68. The van der Waals surface area contributed by atoms with Crippen molar-refractivity contribution >= 4 is 133 Å². The van der Waals surface area contributed by atoms with Gasteiger partial charge in [-0.15, -0.1) is 0 Å². The van der Waals surface area contributed by atoms with Crippen LogP contribution in [0.25, 0.3) is 63.8 Å². The second-order valence-electron chi connectivity index (χ2n) is 28.2. The number of phosphoric ester groups is 4. The van der Waals surface area contributed by atoms with E-state index in [2.05, 4.69) is 113 Å². The summed E-state index contributed by atoms with van der Waals surface area (Å²) in [4.78, 5) is 217. The molecule has 10 heterocycles. The van der Waals surface area contributed by atoms with E-state index in [1.165, 1.54) is 46.8 Å². The minimum Gasteiger partial charge on any atom is -0.398 e. The van der Waals surface area contributed by atoms with Crippen molar-refractivity contribution in [2.24, 2.45) is 20.5 Å². The topological polar surface area (TPSA) is 1140 Å². The lowest BCUT2D eigenvalue weighted by molar-refractivity contribution is -0.179. The molecule has 4 aliphatic heterocycles. The summed E-state index contributed by atoms with van der Waals surface area (Å²) in [6.45, 7) is 0.386. The molecule has 0 amide bonds. The van der Waals surface area contributed by atoms with E-state index in [0.29, 0.717) is 16.7 Å². The molecule has 24 N–H and O–H groups in total. The first-order valence-corrected chi connectivity index (χ1v) is 55.0. The van der Waals surface area contributed by atoms with Crippen molar-refractivity contribution in [1.82, 2.24) is 43.2 Å². The van der Waals surface area contributed by atoms with Gasteiger partial charge in [0.25, 0.3) is 35.0 Å². The molecule has 4 aliphatic rings. The molecule has 0 aliphatic carbocycles. The summed E-state index contributed by atoms with van der Waals surface area (Å²) < 4.78 is 289. The highest BCUT2D eigenvalue weighted by atomic mass is 31.3. The first-order valence-electron chi connectivity index (χ1n) is 36.9. The van der Waals surface area contributed by atoms with E-state index in [4.69, 9.17) is 116 Å². The van der Waals surface area contributed by atoms with Gasteiger partial charge in [0, 0.05) is 121 Å². The molecule has 76 nitrogen and oxygen atoms in total. The largest absolute Gasteiger partial charge is 0.490 e. The van der Waals surface area contributed by atoms with E-state index in [9.17, 15) is 131 Å². The lowest BCUT2D eigenvalue weighted by atomic mass is 10.2. The van der Waals surface area contributed by atoms with Gasteiger partial charge >= 0.3 is 105 Å². The van der Waals surface area contributed by atoms with Crippen LogP contribution in [0.2, 0.25) is 0 Å². The third kappa shape index (κ3) is 39.2. The van der Waals surface area contributed by atoms with Crippen LogP contribution in [0.15, 0.2) is 94.9 Å². The van der Waals surface area contributed by atoms with E-state index in [-0.39, 0.29) is 54.0 Å². The van der Waals surface area contributed by atoms with E-state index in [1.54, 1.807) is 18.3 Å². The van der Waals surface area contributed by atoms with E-state index >= 15 is 0 Å². The molecule has 6 aromatic heterocycles. The third-order valence-corrected chi connectivity index (χ3v) is 32.1. The van der Waals surface area contributed by atoms with Crippen molar-refractivity contribution in [2.75, 3.05) is 43.6 Å². The Labute approximate surface area is 781 Å². The summed E-state index contributed by atoms with van der Waals surface area (Å²) in [7, 11) is -67.7. The van der Waals surface area contributed by atoms with Crippen molar-refractivity contribution < 1.29 is 241 Å². The van der Waals surface area contributed by atoms with E-state index in [0.717, 1.165) is 43.0 Å². The highest BCUT2D eigenvalue weighted by Crippen LogP contribution is 2.70. The van der Waals surface area contributed by atoms with Gasteiger partial charge in [-0.25, -0.2) is 86.9 Å². The maximum absolute atomic E-state index is 14.5. The van der Waals surface area contributed by atoms with Gasteiger partial charge in [-0.1, -0.05) is 0 Å². The molecule has 4 saturated heterocycles. The fourth-order valence-electron chi connectivity index (χ4n) is 12.0. The monoisotopic (exact) mass is 2290 g/mol. The molecule has 0 aromatic carbocycles. The molecule has 0 bridgehead atoms. The second-order valence-corrected chi connectivity index (χ2v) is 45.8. The normalized spacial score (nSPS) is 25.6. The van der Waals surface area contributed by atoms with Gasteiger partial charge in [0.1, 0.15) is 60.8 Å². The molecule has 6 aromatic rings. The fraction of sp³-hybridized carbons (Fsp3) is 0.580. The molecule has 0 spiro atoms. The summed E-state index contributed by atoms with van der Waals surface area (Å²) in [5.74, 6) is -12.0. The van der Waals surface area contributed by atoms with Gasteiger partial charge in [-0.2, -0.15) is 44.5 Å². The summed E-state index contributed by atoms with van der Waals surface area (Å²) >= 11 is 0. The van der Waals surface area contributed by atoms with E-state index in [1.807, 2.05) is 4.98 Å². The molecular weight excluding hydrogens is 2220 g/mol. The number of ether oxygens (including phenoxy) is 8. The van der Waals surface area contributed by atoms with Crippen LogP contribution in [0.3, 0.4) is 0 Å². The first kappa shape index (κ1) is 121. The minimum absolute atomic E-state index is 0.0524. The Hall–Kier alpha value is -7.65. The average Bonchev–Trinajstić information content (AvgIpc) is 1.63. The van der Waals surface area contributed by atoms with Crippen molar-refractivity contribution in [3.05, 3.63) is 144 Å². The zero-order chi connectivity index (χ0) is 108. The van der Waals surface area contributed by atoms with Crippen LogP contribution in [0.1, 0.15) is 83.9 Å². The number of nitrogens with one attached hydrogen (secondary N) is 2. The number of fused-ring (bicyclic) bond motifs is 2. The summed E-state index contributed by atoms with van der Waals surface area (Å²) in [5.41, 5.74) is 48.7. The van der Waals surface area contributed by atoms with Crippen LogP contribution < -0.4 is 39.7 Å². The van der Waals surface area contributed by atoms with Crippen LogP contribution in [0, 0.1) is 6.92 Å². The van der Waals surface area contributed by atoms with Crippen molar-refractivity contribution in [2.45, 2.75) is 158 Å². The Morgan fingerprint density at radius 1 is 0.415 bits per heavy atom. The molecule has 16 unspecified atom stereocenters. The van der Waals surface area contributed by atoms with Gasteiger partial charge in [-0.3, -0.25) is 46.8 Å². The van der Waals surface area contributed by atoms with Gasteiger partial charge in [0.15, 0.2) is 5.65 Å². The zero-order valence-corrected chi connectivity index (χ0v) is 81.5. The number of H-pyrrole nitrogens is 2. The number of azide groups is 4. The third-order valence-electron chi connectivity index (χ3n) is 16.8. The van der Waals surface area contributed by atoms with Gasteiger partial charge in [-0.05, 0) is 73.8 Å². The Balaban J connectivity index is 0.000000257. The highest BCUT2D eigenvalue weighted by Gasteiger charge is 2.52. The summed E-state index contributed by atoms with van der Waals surface area (Å²) in [5, 5.41) is 11.9. The molecule has 4 fully saturated rings. The predicted octanol–water partition coefficient (Wildman–Crippen LogP) is 5.47. The molecule has 796 valence electrons. The maximum atomic E-state index is 14.5.